The van der Waals surface area contributed by atoms with Crippen LogP contribution in [0.15, 0.2) is 0 Å². The Kier molecular flexibility index (Phi) is 21.6. The van der Waals surface area contributed by atoms with E-state index in [0.717, 1.165) is 25.2 Å². The van der Waals surface area contributed by atoms with Crippen molar-refractivity contribution in [2.75, 3.05) is 26.2 Å². The number of nitrogens with one attached hydrogen (secondary N) is 1. The summed E-state index contributed by atoms with van der Waals surface area (Å²) in [6.07, 6.45) is 20.4. The van der Waals surface area contributed by atoms with Gasteiger partial charge in [-0.3, -0.25) is 0 Å². The molecule has 0 bridgehead atoms. The molecule has 0 saturated carbocycles. The van der Waals surface area contributed by atoms with Crippen LogP contribution in [-0.4, -0.2) is 43.4 Å². The quantitative estimate of drug-likeness (QED) is 0.175. The van der Waals surface area contributed by atoms with Crippen LogP contribution in [0.1, 0.15) is 117 Å². The molecule has 0 spiro atoms. The number of nitrogens with zero attached hydrogens (tertiary/aromatic N) is 1. The summed E-state index contributed by atoms with van der Waals surface area (Å²) in [6.45, 7) is 11.5. The van der Waals surface area contributed by atoms with E-state index in [1.54, 1.807) is 0 Å². The smallest absolute Gasteiger partial charge is 0.119 e. The third-order valence-electron chi connectivity index (χ3n) is 5.76. The molecule has 0 heterocycles. The first-order chi connectivity index (χ1) is 13.3. The van der Waals surface area contributed by atoms with E-state index in [1.165, 1.54) is 110 Å². The van der Waals surface area contributed by atoms with Crippen LogP contribution < -0.4 is 5.32 Å². The molecule has 3 heteroatoms. The van der Waals surface area contributed by atoms with Crippen molar-refractivity contribution in [1.29, 1.82) is 0 Å². The maximum atomic E-state index is 10.3. The van der Waals surface area contributed by atoms with Gasteiger partial charge in [-0.05, 0) is 51.9 Å². The number of rotatable bonds is 22. The van der Waals surface area contributed by atoms with Crippen LogP contribution >= 0.6 is 0 Å². The lowest BCUT2D eigenvalue weighted by molar-refractivity contribution is -0.107. The minimum absolute atomic E-state index is 0.721. The first-order valence-corrected chi connectivity index (χ1v) is 12.2. The van der Waals surface area contributed by atoms with Crippen LogP contribution in [0.4, 0.5) is 0 Å². The van der Waals surface area contributed by atoms with E-state index in [1.807, 2.05) is 0 Å². The van der Waals surface area contributed by atoms with Gasteiger partial charge in [-0.25, -0.2) is 0 Å². The highest BCUT2D eigenvalue weighted by atomic mass is 16.1. The first-order valence-electron chi connectivity index (χ1n) is 12.2. The van der Waals surface area contributed by atoms with Gasteiger partial charge < -0.3 is 15.0 Å². The second kappa shape index (κ2) is 21.9. The predicted octanol–water partition coefficient (Wildman–Crippen LogP) is 6.36. The van der Waals surface area contributed by atoms with Crippen LogP contribution in [0.3, 0.4) is 0 Å². The number of hydrogen-bond acceptors (Lipinski definition) is 3. The average molecular weight is 383 g/mol. The molecule has 1 N–H and O–H groups in total. The summed E-state index contributed by atoms with van der Waals surface area (Å²) in [7, 11) is 0. The van der Waals surface area contributed by atoms with Gasteiger partial charge in [0.2, 0.25) is 0 Å². The fourth-order valence-corrected chi connectivity index (χ4v) is 3.82. The molecule has 0 rings (SSSR count). The zero-order chi connectivity index (χ0) is 20.0. The number of aldehydes is 1. The molecule has 0 fully saturated rings. The number of hydrogen-bond donors (Lipinski definition) is 1. The Balaban J connectivity index is 3.89. The summed E-state index contributed by atoms with van der Waals surface area (Å²) in [5.41, 5.74) is 0. The molecular weight excluding hydrogens is 332 g/mol. The highest BCUT2D eigenvalue weighted by Crippen LogP contribution is 2.14. The molecule has 0 aromatic heterocycles. The summed E-state index contributed by atoms with van der Waals surface area (Å²) in [5.74, 6) is 0. The van der Waals surface area contributed by atoms with Gasteiger partial charge in [0.15, 0.2) is 0 Å². The molecule has 0 aromatic carbocycles. The van der Waals surface area contributed by atoms with Crippen molar-refractivity contribution in [3.05, 3.63) is 0 Å². The van der Waals surface area contributed by atoms with E-state index in [0.29, 0.717) is 0 Å². The topological polar surface area (TPSA) is 32.3 Å². The normalized spacial score (nSPS) is 12.6. The van der Waals surface area contributed by atoms with Gasteiger partial charge in [-0.2, -0.15) is 0 Å². The molecule has 0 aliphatic carbocycles. The summed E-state index contributed by atoms with van der Waals surface area (Å²) in [6, 6.07) is 0.721. The molecule has 3 nitrogen and oxygen atoms in total. The lowest BCUT2D eigenvalue weighted by Gasteiger charge is -2.21. The van der Waals surface area contributed by atoms with Gasteiger partial charge in [0.05, 0.1) is 0 Å². The fraction of sp³-hybridized carbons (Fsp3) is 0.958. The maximum Gasteiger partial charge on any atom is 0.119 e. The third kappa shape index (κ3) is 18.7. The Labute approximate surface area is 171 Å². The fourth-order valence-electron chi connectivity index (χ4n) is 3.82. The molecule has 0 aromatic rings. The van der Waals surface area contributed by atoms with Crippen LogP contribution in [-0.2, 0) is 4.79 Å². The van der Waals surface area contributed by atoms with E-state index >= 15 is 0 Å². The van der Waals surface area contributed by atoms with Gasteiger partial charge in [0, 0.05) is 12.5 Å². The second-order valence-electron chi connectivity index (χ2n) is 8.10. The van der Waals surface area contributed by atoms with Gasteiger partial charge in [0.1, 0.15) is 6.29 Å². The molecule has 0 saturated heterocycles. The van der Waals surface area contributed by atoms with Crippen molar-refractivity contribution in [3.63, 3.8) is 0 Å². The molecule has 0 aliphatic rings. The minimum Gasteiger partial charge on any atom is -0.314 e. The Morgan fingerprint density at radius 1 is 0.741 bits per heavy atom. The van der Waals surface area contributed by atoms with Gasteiger partial charge in [-0.1, -0.05) is 85.0 Å². The van der Waals surface area contributed by atoms with E-state index in [4.69, 9.17) is 0 Å². The van der Waals surface area contributed by atoms with Crippen molar-refractivity contribution in [2.24, 2.45) is 0 Å². The van der Waals surface area contributed by atoms with Crippen LogP contribution in [0, 0.1) is 0 Å². The molecule has 1 atom stereocenters. The van der Waals surface area contributed by atoms with E-state index in [-0.39, 0.29) is 0 Å². The van der Waals surface area contributed by atoms with Gasteiger partial charge in [0.25, 0.3) is 0 Å². The van der Waals surface area contributed by atoms with Gasteiger partial charge >= 0.3 is 0 Å². The molecule has 1 unspecified atom stereocenters. The van der Waals surface area contributed by atoms with E-state index < -0.39 is 0 Å². The van der Waals surface area contributed by atoms with Crippen molar-refractivity contribution < 1.29 is 4.79 Å². The van der Waals surface area contributed by atoms with Crippen molar-refractivity contribution in [2.45, 2.75) is 123 Å². The summed E-state index contributed by atoms with van der Waals surface area (Å²) >= 11 is 0. The Morgan fingerprint density at radius 3 is 1.85 bits per heavy atom. The van der Waals surface area contributed by atoms with Gasteiger partial charge in [-0.15, -0.1) is 0 Å². The average Bonchev–Trinajstić information content (AvgIpc) is 2.69. The Morgan fingerprint density at radius 2 is 1.30 bits per heavy atom. The largest absolute Gasteiger partial charge is 0.314 e. The highest BCUT2D eigenvalue weighted by molar-refractivity contribution is 5.48. The van der Waals surface area contributed by atoms with E-state index in [9.17, 15) is 4.79 Å². The lowest BCUT2D eigenvalue weighted by atomic mass is 10.00. The standard InChI is InChI=1S/C24H50N2O/c1-4-7-8-12-15-19-24(25-21-18-22-26(5-2)6-3)20-16-13-10-9-11-14-17-23-27/h23-25H,4-22H2,1-3H3. The maximum absolute atomic E-state index is 10.3. The zero-order valence-corrected chi connectivity index (χ0v) is 18.9. The van der Waals surface area contributed by atoms with Crippen LogP contribution in [0.5, 0.6) is 0 Å². The van der Waals surface area contributed by atoms with Crippen LogP contribution in [0.2, 0.25) is 0 Å². The number of unbranched alkanes of at least 4 members (excludes halogenated alkanes) is 10. The molecule has 27 heavy (non-hydrogen) atoms. The SMILES string of the molecule is CCCCCCCC(CCCCCCCCC=O)NCCCN(CC)CC. The Hall–Kier alpha value is -0.410. The molecule has 0 amide bonds. The number of carbonyl (C=O) groups excluding carboxylic acids is 1. The lowest BCUT2D eigenvalue weighted by Crippen LogP contribution is -2.33. The van der Waals surface area contributed by atoms with Crippen molar-refractivity contribution >= 4 is 6.29 Å². The number of carbonyl (C=O) groups is 1. The minimum atomic E-state index is 0.721. The van der Waals surface area contributed by atoms with Crippen molar-refractivity contribution in [3.8, 4) is 0 Å². The molecule has 162 valence electrons. The zero-order valence-electron chi connectivity index (χ0n) is 18.9. The van der Waals surface area contributed by atoms with Crippen molar-refractivity contribution in [1.82, 2.24) is 10.2 Å². The summed E-state index contributed by atoms with van der Waals surface area (Å²) < 4.78 is 0. The molecule has 0 radical (unpaired) electrons. The molecule has 0 aliphatic heterocycles. The van der Waals surface area contributed by atoms with E-state index in [2.05, 4.69) is 31.0 Å². The monoisotopic (exact) mass is 382 g/mol. The first kappa shape index (κ1) is 26.6. The van der Waals surface area contributed by atoms with Crippen LogP contribution in [0.25, 0.3) is 0 Å². The summed E-state index contributed by atoms with van der Waals surface area (Å²) in [5, 5.41) is 3.87. The predicted molar refractivity (Wildman–Crippen MR) is 121 cm³/mol. The highest BCUT2D eigenvalue weighted by Gasteiger charge is 2.08. The second-order valence-corrected chi connectivity index (χ2v) is 8.10. The third-order valence-corrected chi connectivity index (χ3v) is 5.76. The molecular formula is C24H50N2O. The summed E-state index contributed by atoms with van der Waals surface area (Å²) in [4.78, 5) is 12.8. The Bertz CT molecular complexity index is 292.